The van der Waals surface area contributed by atoms with Gasteiger partial charge in [-0.05, 0) is 36.3 Å². The first-order valence-corrected chi connectivity index (χ1v) is 8.91. The molecule has 1 saturated heterocycles. The van der Waals surface area contributed by atoms with Crippen LogP contribution in [0.25, 0.3) is 0 Å². The highest BCUT2D eigenvalue weighted by molar-refractivity contribution is 7.99. The van der Waals surface area contributed by atoms with Crippen LogP contribution in [0.4, 0.5) is 0 Å². The van der Waals surface area contributed by atoms with Crippen LogP contribution in [0.2, 0.25) is 0 Å². The van der Waals surface area contributed by atoms with Crippen LogP contribution >= 0.6 is 11.8 Å². The Labute approximate surface area is 118 Å². The van der Waals surface area contributed by atoms with Gasteiger partial charge in [0.1, 0.15) is 0 Å². The lowest BCUT2D eigenvalue weighted by atomic mass is 10.2. The first kappa shape index (κ1) is 14.8. The normalized spacial score (nSPS) is 20.1. The van der Waals surface area contributed by atoms with Crippen LogP contribution < -0.4 is 0 Å². The number of hydrogen-bond acceptors (Lipinski definition) is 4. The summed E-state index contributed by atoms with van der Waals surface area (Å²) in [5, 5.41) is 8.85. The number of aliphatic hydroxyl groups is 1. The van der Waals surface area contributed by atoms with Gasteiger partial charge in [-0.3, -0.25) is 0 Å². The number of benzene rings is 1. The molecular weight excluding hydrogens is 282 g/mol. The summed E-state index contributed by atoms with van der Waals surface area (Å²) in [5.74, 6) is 1.90. The van der Waals surface area contributed by atoms with Crippen LogP contribution in [0.15, 0.2) is 29.2 Å². The summed E-state index contributed by atoms with van der Waals surface area (Å²) in [4.78, 5) is 0.327. The average molecular weight is 301 g/mol. The number of nitrogens with zero attached hydrogens (tertiary/aromatic N) is 1. The molecule has 1 aliphatic heterocycles. The van der Waals surface area contributed by atoms with Crippen molar-refractivity contribution >= 4 is 21.8 Å². The van der Waals surface area contributed by atoms with E-state index in [4.69, 9.17) is 5.11 Å². The van der Waals surface area contributed by atoms with E-state index in [0.717, 1.165) is 23.5 Å². The molecule has 1 heterocycles. The second kappa shape index (κ2) is 6.26. The molecule has 0 saturated carbocycles. The molecule has 0 radical (unpaired) electrons. The van der Waals surface area contributed by atoms with E-state index in [-0.39, 0.29) is 12.6 Å². The van der Waals surface area contributed by atoms with Crippen LogP contribution in [-0.2, 0) is 16.4 Å². The van der Waals surface area contributed by atoms with Crippen molar-refractivity contribution in [2.24, 2.45) is 0 Å². The van der Waals surface area contributed by atoms with Crippen LogP contribution in [0, 0.1) is 0 Å². The fraction of sp³-hybridized carbons (Fsp3) is 0.538. The molecule has 4 nitrogen and oxygen atoms in total. The number of rotatable bonds is 5. The number of sulfonamides is 1. The van der Waals surface area contributed by atoms with Crippen molar-refractivity contribution in [3.05, 3.63) is 29.8 Å². The predicted octanol–water partition coefficient (Wildman–Crippen LogP) is 1.35. The van der Waals surface area contributed by atoms with E-state index in [1.54, 1.807) is 43.1 Å². The molecule has 19 heavy (non-hydrogen) atoms. The van der Waals surface area contributed by atoms with Crippen molar-refractivity contribution < 1.29 is 13.5 Å². The molecule has 0 aliphatic carbocycles. The smallest absolute Gasteiger partial charge is 0.243 e. The first-order valence-electron chi connectivity index (χ1n) is 6.31. The van der Waals surface area contributed by atoms with Gasteiger partial charge in [-0.15, -0.1) is 0 Å². The molecule has 6 heteroatoms. The molecule has 106 valence electrons. The van der Waals surface area contributed by atoms with Crippen molar-refractivity contribution in [2.45, 2.75) is 23.8 Å². The topological polar surface area (TPSA) is 57.6 Å². The molecule has 1 atom stereocenters. The van der Waals surface area contributed by atoms with Gasteiger partial charge in [0.15, 0.2) is 0 Å². The molecule has 1 aromatic rings. The molecule has 0 amide bonds. The van der Waals surface area contributed by atoms with E-state index < -0.39 is 10.0 Å². The van der Waals surface area contributed by atoms with Gasteiger partial charge >= 0.3 is 0 Å². The Hall–Kier alpha value is -0.560. The molecule has 1 fully saturated rings. The maximum absolute atomic E-state index is 12.5. The standard InChI is InChI=1S/C13H19NO3S2/c1-14(12-7-9-18-10-12)19(16,17)13-4-2-11(3-5-13)6-8-15/h2-5,12,15H,6-10H2,1H3. The van der Waals surface area contributed by atoms with E-state index >= 15 is 0 Å². The van der Waals surface area contributed by atoms with Gasteiger partial charge in [-0.25, -0.2) is 8.42 Å². The Balaban J connectivity index is 2.18. The summed E-state index contributed by atoms with van der Waals surface area (Å²) in [6, 6.07) is 6.88. The molecule has 0 bridgehead atoms. The summed E-state index contributed by atoms with van der Waals surface area (Å²) in [5.41, 5.74) is 0.945. The van der Waals surface area contributed by atoms with Gasteiger partial charge in [0, 0.05) is 25.4 Å². The molecule has 2 rings (SSSR count). The van der Waals surface area contributed by atoms with Crippen LogP contribution in [-0.4, -0.2) is 49.0 Å². The van der Waals surface area contributed by atoms with Gasteiger partial charge in [-0.2, -0.15) is 16.1 Å². The van der Waals surface area contributed by atoms with E-state index in [1.165, 1.54) is 4.31 Å². The summed E-state index contributed by atoms with van der Waals surface area (Å²) in [6.45, 7) is 0.0747. The lowest BCUT2D eigenvalue weighted by molar-refractivity contribution is 0.299. The Morgan fingerprint density at radius 2 is 2.05 bits per heavy atom. The van der Waals surface area contributed by atoms with Crippen molar-refractivity contribution in [3.63, 3.8) is 0 Å². The van der Waals surface area contributed by atoms with Gasteiger partial charge in [-0.1, -0.05) is 12.1 Å². The minimum atomic E-state index is -3.40. The second-order valence-electron chi connectivity index (χ2n) is 4.66. The van der Waals surface area contributed by atoms with Gasteiger partial charge in [0.25, 0.3) is 0 Å². The summed E-state index contributed by atoms with van der Waals surface area (Å²) >= 11 is 1.80. The fourth-order valence-corrected chi connectivity index (χ4v) is 4.88. The van der Waals surface area contributed by atoms with Gasteiger partial charge in [0.2, 0.25) is 10.0 Å². The van der Waals surface area contributed by atoms with Gasteiger partial charge in [0.05, 0.1) is 4.90 Å². The van der Waals surface area contributed by atoms with Crippen molar-refractivity contribution in [1.82, 2.24) is 4.31 Å². The lowest BCUT2D eigenvalue weighted by Gasteiger charge is -2.23. The van der Waals surface area contributed by atoms with Crippen LogP contribution in [0.1, 0.15) is 12.0 Å². The quantitative estimate of drug-likeness (QED) is 0.892. The highest BCUT2D eigenvalue weighted by atomic mass is 32.2. The van der Waals surface area contributed by atoms with E-state index in [9.17, 15) is 8.42 Å². The monoisotopic (exact) mass is 301 g/mol. The summed E-state index contributed by atoms with van der Waals surface area (Å²) in [6.07, 6.45) is 1.47. The van der Waals surface area contributed by atoms with Crippen LogP contribution in [0.5, 0.6) is 0 Å². The summed E-state index contributed by atoms with van der Waals surface area (Å²) < 4.78 is 26.4. The molecular formula is C13H19NO3S2. The Bertz CT molecular complexity index is 507. The third-order valence-corrected chi connectivity index (χ3v) is 6.49. The molecule has 1 aromatic carbocycles. The SMILES string of the molecule is CN(C1CCSC1)S(=O)(=O)c1ccc(CCO)cc1. The highest BCUT2D eigenvalue weighted by Crippen LogP contribution is 2.26. The lowest BCUT2D eigenvalue weighted by Crippen LogP contribution is -2.36. The number of hydrogen-bond donors (Lipinski definition) is 1. The number of thioether (sulfide) groups is 1. The van der Waals surface area contributed by atoms with E-state index in [1.807, 2.05) is 0 Å². The molecule has 1 N–H and O–H groups in total. The maximum Gasteiger partial charge on any atom is 0.243 e. The number of aliphatic hydroxyl groups excluding tert-OH is 1. The Kier molecular flexibility index (Phi) is 4.89. The molecule has 1 unspecified atom stereocenters. The fourth-order valence-electron chi connectivity index (χ4n) is 2.13. The minimum absolute atomic E-state index is 0.0747. The minimum Gasteiger partial charge on any atom is -0.396 e. The average Bonchev–Trinajstić information content (AvgIpc) is 2.92. The molecule has 0 aromatic heterocycles. The highest BCUT2D eigenvalue weighted by Gasteiger charge is 2.30. The Morgan fingerprint density at radius 3 is 2.58 bits per heavy atom. The van der Waals surface area contributed by atoms with Crippen molar-refractivity contribution in [3.8, 4) is 0 Å². The molecule has 0 spiro atoms. The Morgan fingerprint density at radius 1 is 1.37 bits per heavy atom. The molecule has 1 aliphatic rings. The third-order valence-electron chi connectivity index (χ3n) is 3.42. The largest absolute Gasteiger partial charge is 0.396 e. The zero-order valence-electron chi connectivity index (χ0n) is 10.9. The van der Waals surface area contributed by atoms with E-state index in [2.05, 4.69) is 0 Å². The maximum atomic E-state index is 12.5. The van der Waals surface area contributed by atoms with Crippen molar-refractivity contribution in [1.29, 1.82) is 0 Å². The first-order chi connectivity index (χ1) is 9.05. The van der Waals surface area contributed by atoms with Gasteiger partial charge < -0.3 is 5.11 Å². The third kappa shape index (κ3) is 3.31. The van der Waals surface area contributed by atoms with E-state index in [0.29, 0.717) is 11.3 Å². The van der Waals surface area contributed by atoms with Crippen molar-refractivity contribution in [2.75, 3.05) is 25.2 Å². The van der Waals surface area contributed by atoms with Crippen LogP contribution in [0.3, 0.4) is 0 Å². The predicted molar refractivity (Wildman–Crippen MR) is 77.9 cm³/mol. The zero-order chi connectivity index (χ0) is 13.9. The second-order valence-corrected chi connectivity index (χ2v) is 7.80. The zero-order valence-corrected chi connectivity index (χ0v) is 12.6. The summed E-state index contributed by atoms with van der Waals surface area (Å²) in [7, 11) is -1.74.